The number of carboxylic acid groups (broad SMARTS) is 1. The van der Waals surface area contributed by atoms with Crippen molar-refractivity contribution in [2.45, 2.75) is 25.9 Å². The van der Waals surface area contributed by atoms with Gasteiger partial charge in [-0.2, -0.15) is 0 Å². The van der Waals surface area contributed by atoms with Gasteiger partial charge in [-0.3, -0.25) is 14.5 Å². The Labute approximate surface area is 102 Å². The van der Waals surface area contributed by atoms with Crippen molar-refractivity contribution in [1.29, 1.82) is 0 Å². The lowest BCUT2D eigenvalue weighted by atomic mass is 10.2. The number of nitrogens with one attached hydrogen (secondary N) is 1. The topological polar surface area (TPSA) is 69.6 Å². The highest BCUT2D eigenvalue weighted by Crippen LogP contribution is 2.00. The summed E-state index contributed by atoms with van der Waals surface area (Å²) < 4.78 is 0. The zero-order chi connectivity index (χ0) is 13.4. The minimum atomic E-state index is -1.05. The molecule has 2 atom stereocenters. The number of rotatable bonds is 8. The zero-order valence-corrected chi connectivity index (χ0v) is 10.3. The fraction of sp³-hybridized carbons (Fsp3) is 0.500. The lowest BCUT2D eigenvalue weighted by molar-refractivity contribution is -0.142. The van der Waals surface area contributed by atoms with Crippen LogP contribution in [0.5, 0.6) is 0 Å². The number of hydrogen-bond donors (Lipinski definition) is 2. The van der Waals surface area contributed by atoms with Gasteiger partial charge in [0, 0.05) is 13.1 Å². The van der Waals surface area contributed by atoms with Gasteiger partial charge in [-0.25, -0.2) is 0 Å². The van der Waals surface area contributed by atoms with Crippen LogP contribution < -0.4 is 5.32 Å². The molecule has 0 bridgehead atoms. The van der Waals surface area contributed by atoms with Gasteiger partial charge >= 0.3 is 5.97 Å². The third-order valence-electron chi connectivity index (χ3n) is 2.38. The van der Waals surface area contributed by atoms with Crippen molar-refractivity contribution in [1.82, 2.24) is 10.2 Å². The highest BCUT2D eigenvalue weighted by atomic mass is 16.4. The summed E-state index contributed by atoms with van der Waals surface area (Å²) in [6, 6.07) is -1.31. The van der Waals surface area contributed by atoms with E-state index < -0.39 is 18.1 Å². The molecule has 0 rings (SSSR count). The highest BCUT2D eigenvalue weighted by Gasteiger charge is 2.22. The smallest absolute Gasteiger partial charge is 0.325 e. The quantitative estimate of drug-likeness (QED) is 0.611. The molecule has 1 amide bonds. The van der Waals surface area contributed by atoms with Gasteiger partial charge in [0.05, 0.1) is 6.04 Å². The number of nitrogens with zero attached hydrogens (tertiary/aromatic N) is 1. The standard InChI is InChI=1S/C12H20N2O3/c1-5-7-14(8-6-2)10(4)11(15)13-9(3)12(16)17/h5-6,9-10H,1-2,7-8H2,3-4H3,(H,13,15)(H,16,17). The summed E-state index contributed by atoms with van der Waals surface area (Å²) >= 11 is 0. The van der Waals surface area contributed by atoms with Crippen LogP contribution >= 0.6 is 0 Å². The van der Waals surface area contributed by atoms with Gasteiger partial charge in [-0.15, -0.1) is 13.2 Å². The molecule has 0 aliphatic rings. The maximum absolute atomic E-state index is 11.8. The summed E-state index contributed by atoms with van der Waals surface area (Å²) in [5.41, 5.74) is 0. The van der Waals surface area contributed by atoms with Gasteiger partial charge in [-0.05, 0) is 13.8 Å². The van der Waals surface area contributed by atoms with E-state index in [1.165, 1.54) is 6.92 Å². The number of carbonyl (C=O) groups excluding carboxylic acids is 1. The molecule has 0 saturated carbocycles. The highest BCUT2D eigenvalue weighted by molar-refractivity contribution is 5.86. The Hall–Kier alpha value is -1.62. The Kier molecular flexibility index (Phi) is 6.89. The molecule has 0 radical (unpaired) electrons. The Morgan fingerprint density at radius 3 is 2.12 bits per heavy atom. The Morgan fingerprint density at radius 1 is 1.29 bits per heavy atom. The van der Waals surface area contributed by atoms with Crippen LogP contribution in [0.15, 0.2) is 25.3 Å². The predicted octanol–water partition coefficient (Wildman–Crippen LogP) is 0.638. The number of carbonyl (C=O) groups is 2. The normalized spacial score (nSPS) is 13.8. The van der Waals surface area contributed by atoms with Gasteiger partial charge in [0.2, 0.25) is 5.91 Å². The van der Waals surface area contributed by atoms with Crippen molar-refractivity contribution in [2.24, 2.45) is 0 Å². The third kappa shape index (κ3) is 5.31. The summed E-state index contributed by atoms with van der Waals surface area (Å²) in [5, 5.41) is 11.1. The first-order chi connectivity index (χ1) is 7.93. The molecule has 96 valence electrons. The van der Waals surface area contributed by atoms with Crippen molar-refractivity contribution in [2.75, 3.05) is 13.1 Å². The van der Waals surface area contributed by atoms with E-state index in [4.69, 9.17) is 5.11 Å². The van der Waals surface area contributed by atoms with E-state index in [0.29, 0.717) is 13.1 Å². The van der Waals surface area contributed by atoms with Crippen molar-refractivity contribution >= 4 is 11.9 Å². The molecule has 0 aliphatic carbocycles. The number of aliphatic carboxylic acids is 1. The van der Waals surface area contributed by atoms with Crippen molar-refractivity contribution in [3.63, 3.8) is 0 Å². The zero-order valence-electron chi connectivity index (χ0n) is 10.3. The number of hydrogen-bond acceptors (Lipinski definition) is 3. The summed E-state index contributed by atoms with van der Waals surface area (Å²) in [4.78, 5) is 24.2. The largest absolute Gasteiger partial charge is 0.480 e. The van der Waals surface area contributed by atoms with E-state index in [-0.39, 0.29) is 5.91 Å². The molecule has 2 N–H and O–H groups in total. The molecule has 0 aromatic carbocycles. The van der Waals surface area contributed by atoms with Gasteiger partial charge in [0.1, 0.15) is 6.04 Å². The fourth-order valence-electron chi connectivity index (χ4n) is 1.28. The van der Waals surface area contributed by atoms with Crippen LogP contribution in [-0.2, 0) is 9.59 Å². The van der Waals surface area contributed by atoms with E-state index >= 15 is 0 Å². The lowest BCUT2D eigenvalue weighted by Crippen LogP contribution is -2.49. The van der Waals surface area contributed by atoms with Crippen LogP contribution in [0.1, 0.15) is 13.8 Å². The number of carboxylic acids is 1. The first-order valence-corrected chi connectivity index (χ1v) is 5.43. The Balaban J connectivity index is 4.47. The minimum Gasteiger partial charge on any atom is -0.480 e. The summed E-state index contributed by atoms with van der Waals surface area (Å²) in [6.45, 7) is 11.5. The van der Waals surface area contributed by atoms with Gasteiger partial charge < -0.3 is 10.4 Å². The molecule has 2 unspecified atom stereocenters. The van der Waals surface area contributed by atoms with Crippen LogP contribution in [0.25, 0.3) is 0 Å². The first kappa shape index (κ1) is 15.4. The van der Waals surface area contributed by atoms with E-state index in [1.54, 1.807) is 19.1 Å². The Bertz CT molecular complexity index is 292. The third-order valence-corrected chi connectivity index (χ3v) is 2.38. The number of amides is 1. The van der Waals surface area contributed by atoms with Crippen molar-refractivity contribution in [3.05, 3.63) is 25.3 Å². The molecule has 0 aromatic rings. The first-order valence-electron chi connectivity index (χ1n) is 5.43. The van der Waals surface area contributed by atoms with E-state index in [2.05, 4.69) is 18.5 Å². The maximum Gasteiger partial charge on any atom is 0.325 e. The van der Waals surface area contributed by atoms with E-state index in [0.717, 1.165) is 0 Å². The maximum atomic E-state index is 11.8. The molecular weight excluding hydrogens is 220 g/mol. The fourth-order valence-corrected chi connectivity index (χ4v) is 1.28. The van der Waals surface area contributed by atoms with Gasteiger partial charge in [0.15, 0.2) is 0 Å². The Morgan fingerprint density at radius 2 is 1.76 bits per heavy atom. The van der Waals surface area contributed by atoms with Crippen LogP contribution in [0.4, 0.5) is 0 Å². The van der Waals surface area contributed by atoms with Gasteiger partial charge in [0.25, 0.3) is 0 Å². The second-order valence-corrected chi connectivity index (χ2v) is 3.78. The van der Waals surface area contributed by atoms with Crippen LogP contribution in [0, 0.1) is 0 Å². The summed E-state index contributed by atoms with van der Waals surface area (Å²) in [6.07, 6.45) is 3.38. The van der Waals surface area contributed by atoms with Crippen LogP contribution in [0.3, 0.4) is 0 Å². The molecule has 0 aliphatic heterocycles. The van der Waals surface area contributed by atoms with E-state index in [9.17, 15) is 9.59 Å². The van der Waals surface area contributed by atoms with Crippen molar-refractivity contribution < 1.29 is 14.7 Å². The summed E-state index contributed by atoms with van der Waals surface area (Å²) in [7, 11) is 0. The molecule has 0 heterocycles. The van der Waals surface area contributed by atoms with E-state index in [1.807, 2.05) is 4.90 Å². The van der Waals surface area contributed by atoms with Gasteiger partial charge in [-0.1, -0.05) is 12.2 Å². The molecule has 5 heteroatoms. The SMILES string of the molecule is C=CCN(CC=C)C(C)C(=O)NC(C)C(=O)O. The molecular formula is C12H20N2O3. The lowest BCUT2D eigenvalue weighted by Gasteiger charge is -2.26. The molecule has 0 aromatic heterocycles. The van der Waals surface area contributed by atoms with Crippen LogP contribution in [0.2, 0.25) is 0 Å². The monoisotopic (exact) mass is 240 g/mol. The average Bonchev–Trinajstić information content (AvgIpc) is 2.27. The summed E-state index contributed by atoms with van der Waals surface area (Å²) in [5.74, 6) is -1.37. The molecule has 0 spiro atoms. The molecule has 17 heavy (non-hydrogen) atoms. The second-order valence-electron chi connectivity index (χ2n) is 3.78. The predicted molar refractivity (Wildman–Crippen MR) is 66.7 cm³/mol. The molecule has 0 saturated heterocycles. The van der Waals surface area contributed by atoms with Crippen molar-refractivity contribution in [3.8, 4) is 0 Å². The minimum absolute atomic E-state index is 0.316. The van der Waals surface area contributed by atoms with Crippen LogP contribution in [-0.4, -0.2) is 47.1 Å². The molecule has 5 nitrogen and oxygen atoms in total. The average molecular weight is 240 g/mol. The second kappa shape index (κ2) is 7.62. The molecule has 0 fully saturated rings.